The van der Waals surface area contributed by atoms with Gasteiger partial charge in [-0.15, -0.1) is 0 Å². The Morgan fingerprint density at radius 2 is 0.977 bits per heavy atom. The first kappa shape index (κ1) is 38.5. The van der Waals surface area contributed by atoms with Gasteiger partial charge in [-0.1, -0.05) is 27.7 Å². The molecule has 2 heterocycles. The van der Waals surface area contributed by atoms with Crippen molar-refractivity contribution >= 4 is 22.7 Å². The van der Waals surface area contributed by atoms with Crippen molar-refractivity contribution in [3.05, 3.63) is 47.5 Å². The molecule has 0 unspecified atom stereocenters. The third-order valence-corrected chi connectivity index (χ3v) is 7.32. The fourth-order valence-corrected chi connectivity index (χ4v) is 4.64. The molecule has 0 radical (unpaired) electrons. The number of nitrogens with two attached hydrogens (primary N) is 2. The molecule has 0 spiro atoms. The molecule has 2 saturated heterocycles. The Hall–Kier alpha value is -2.52. The molecule has 43 heavy (non-hydrogen) atoms. The Bertz CT molecular complexity index is 977. The number of rotatable bonds is 8. The maximum absolute atomic E-state index is 5.99. The first-order valence-corrected chi connectivity index (χ1v) is 16.3. The zero-order valence-corrected chi connectivity index (χ0v) is 28.8. The van der Waals surface area contributed by atoms with Gasteiger partial charge >= 0.3 is 0 Å². The molecular formula is C35H63N5O3. The van der Waals surface area contributed by atoms with Crippen LogP contribution in [0.3, 0.4) is 0 Å². The Morgan fingerprint density at radius 1 is 0.605 bits per heavy atom. The molecule has 0 aliphatic carbocycles. The lowest BCUT2D eigenvalue weighted by atomic mass is 10.0. The predicted molar refractivity (Wildman–Crippen MR) is 187 cm³/mol. The van der Waals surface area contributed by atoms with Crippen LogP contribution in [0.2, 0.25) is 0 Å². The third kappa shape index (κ3) is 15.7. The number of anilines is 4. The van der Waals surface area contributed by atoms with Crippen LogP contribution in [0, 0.1) is 0 Å². The van der Waals surface area contributed by atoms with Gasteiger partial charge in [0.05, 0.1) is 13.2 Å². The molecule has 2 fully saturated rings. The molecule has 0 atom stereocenters. The van der Waals surface area contributed by atoms with E-state index in [0.29, 0.717) is 11.8 Å². The number of ether oxygens (including phenoxy) is 3. The van der Waals surface area contributed by atoms with Gasteiger partial charge in [0, 0.05) is 88.4 Å². The van der Waals surface area contributed by atoms with E-state index in [-0.39, 0.29) is 0 Å². The molecule has 0 aromatic heterocycles. The monoisotopic (exact) mass is 601 g/mol. The summed E-state index contributed by atoms with van der Waals surface area (Å²) in [6.45, 7) is 28.1. The van der Waals surface area contributed by atoms with Crippen molar-refractivity contribution in [3.8, 4) is 0 Å². The van der Waals surface area contributed by atoms with E-state index < -0.39 is 0 Å². The summed E-state index contributed by atoms with van der Waals surface area (Å²) in [5.41, 5.74) is 18.8. The van der Waals surface area contributed by atoms with Crippen LogP contribution in [-0.4, -0.2) is 90.9 Å². The number of hydrogen-bond acceptors (Lipinski definition) is 8. The Morgan fingerprint density at radius 3 is 1.30 bits per heavy atom. The highest BCUT2D eigenvalue weighted by atomic mass is 16.5. The van der Waals surface area contributed by atoms with Gasteiger partial charge in [-0.05, 0) is 94.1 Å². The maximum atomic E-state index is 5.99. The molecule has 0 saturated carbocycles. The number of morpholine rings is 1. The van der Waals surface area contributed by atoms with Crippen LogP contribution < -0.4 is 21.3 Å². The summed E-state index contributed by atoms with van der Waals surface area (Å²) >= 11 is 0. The van der Waals surface area contributed by atoms with Crippen molar-refractivity contribution in [2.45, 2.75) is 67.2 Å². The summed E-state index contributed by atoms with van der Waals surface area (Å²) < 4.78 is 15.0. The summed E-state index contributed by atoms with van der Waals surface area (Å²) in [5.74, 6) is 1.05. The number of likely N-dealkylation sites (N-methyl/N-ethyl adjacent to an activating group) is 1. The van der Waals surface area contributed by atoms with E-state index in [4.69, 9.17) is 25.7 Å². The van der Waals surface area contributed by atoms with Crippen LogP contribution in [0.1, 0.15) is 78.4 Å². The molecule has 8 heteroatoms. The number of hydrogen-bond donors (Lipinski definition) is 2. The van der Waals surface area contributed by atoms with Crippen molar-refractivity contribution < 1.29 is 14.2 Å². The number of benzene rings is 2. The highest BCUT2D eigenvalue weighted by Gasteiger charge is 2.16. The molecule has 8 nitrogen and oxygen atoms in total. The van der Waals surface area contributed by atoms with Crippen molar-refractivity contribution in [1.29, 1.82) is 0 Å². The van der Waals surface area contributed by atoms with Crippen molar-refractivity contribution in [1.82, 2.24) is 4.90 Å². The van der Waals surface area contributed by atoms with Gasteiger partial charge in [0.25, 0.3) is 0 Å². The van der Waals surface area contributed by atoms with Crippen LogP contribution in [0.4, 0.5) is 22.7 Å². The van der Waals surface area contributed by atoms with Crippen molar-refractivity contribution in [2.75, 3.05) is 107 Å². The van der Waals surface area contributed by atoms with Gasteiger partial charge in [-0.3, -0.25) is 0 Å². The van der Waals surface area contributed by atoms with Crippen LogP contribution in [-0.2, 0) is 14.2 Å². The van der Waals surface area contributed by atoms with Crippen LogP contribution in [0.25, 0.3) is 0 Å². The fraction of sp³-hybridized carbons (Fsp3) is 0.657. The first-order valence-electron chi connectivity index (χ1n) is 16.3. The second-order valence-electron chi connectivity index (χ2n) is 11.5. The molecule has 2 aromatic rings. The van der Waals surface area contributed by atoms with E-state index in [2.05, 4.69) is 85.8 Å². The fourth-order valence-electron chi connectivity index (χ4n) is 4.64. The Labute approximate surface area is 263 Å². The summed E-state index contributed by atoms with van der Waals surface area (Å²) in [6, 6.07) is 12.8. The number of nitrogen functional groups attached to an aromatic ring is 2. The van der Waals surface area contributed by atoms with E-state index in [9.17, 15) is 0 Å². The van der Waals surface area contributed by atoms with Gasteiger partial charge in [-0.25, -0.2) is 0 Å². The minimum atomic E-state index is 0.517. The van der Waals surface area contributed by atoms with E-state index >= 15 is 0 Å². The van der Waals surface area contributed by atoms with Gasteiger partial charge < -0.3 is 40.4 Å². The zero-order valence-electron chi connectivity index (χ0n) is 28.8. The molecule has 246 valence electrons. The zero-order chi connectivity index (χ0) is 32.2. The van der Waals surface area contributed by atoms with Gasteiger partial charge in [0.15, 0.2) is 0 Å². The van der Waals surface area contributed by atoms with E-state index in [1.54, 1.807) is 0 Å². The quantitative estimate of drug-likeness (QED) is 0.334. The maximum Gasteiger partial charge on any atom is 0.0642 e. The van der Waals surface area contributed by atoms with Crippen LogP contribution >= 0.6 is 0 Å². The second kappa shape index (κ2) is 22.1. The minimum absolute atomic E-state index is 0.517. The summed E-state index contributed by atoms with van der Waals surface area (Å²) in [6.07, 6.45) is 0. The van der Waals surface area contributed by atoms with Gasteiger partial charge in [0.2, 0.25) is 0 Å². The summed E-state index contributed by atoms with van der Waals surface area (Å²) in [5, 5.41) is 0. The second-order valence-corrected chi connectivity index (χ2v) is 11.5. The highest BCUT2D eigenvalue weighted by molar-refractivity contribution is 5.60. The molecule has 0 amide bonds. The van der Waals surface area contributed by atoms with Crippen molar-refractivity contribution in [3.63, 3.8) is 0 Å². The molecule has 2 aliphatic heterocycles. The van der Waals surface area contributed by atoms with Gasteiger partial charge in [0.1, 0.15) is 0 Å². The topological polar surface area (TPSA) is 89.5 Å². The Balaban J connectivity index is 0.000000329. The SMILES string of the molecule is CC(C)c1cc(N)cc(N2CCN(C)CC2)c1.CC(C)c1cc(N)cc(N2CCOCC2)c1.CCOCC.CCOCC. The average Bonchev–Trinajstić information content (AvgIpc) is 2.99. The van der Waals surface area contributed by atoms with E-state index in [0.717, 1.165) is 90.3 Å². The lowest BCUT2D eigenvalue weighted by molar-refractivity contribution is 0.122. The van der Waals surface area contributed by atoms with E-state index in [1.807, 2.05) is 27.7 Å². The van der Waals surface area contributed by atoms with Crippen molar-refractivity contribution in [2.24, 2.45) is 0 Å². The number of nitrogens with zero attached hydrogens (tertiary/aromatic N) is 3. The highest BCUT2D eigenvalue weighted by Crippen LogP contribution is 2.27. The summed E-state index contributed by atoms with van der Waals surface area (Å²) in [4.78, 5) is 7.14. The summed E-state index contributed by atoms with van der Waals surface area (Å²) in [7, 11) is 2.18. The minimum Gasteiger partial charge on any atom is -0.399 e. The lowest BCUT2D eigenvalue weighted by Crippen LogP contribution is -2.44. The Kier molecular flexibility index (Phi) is 19.8. The molecule has 4 rings (SSSR count). The largest absolute Gasteiger partial charge is 0.399 e. The first-order chi connectivity index (χ1) is 20.6. The smallest absolute Gasteiger partial charge is 0.0642 e. The third-order valence-electron chi connectivity index (χ3n) is 7.32. The normalized spacial score (nSPS) is 15.2. The molecule has 0 bridgehead atoms. The predicted octanol–water partition coefficient (Wildman–Crippen LogP) is 6.46. The van der Waals surface area contributed by atoms with Crippen LogP contribution in [0.15, 0.2) is 36.4 Å². The standard InChI is InChI=1S/C14H23N3.C13H20N2O.2C4H10O/c1-11(2)12-8-13(15)10-14(9-12)17-6-4-16(3)5-7-17;1-10(2)11-7-12(14)9-13(8-11)15-3-5-16-6-4-15;2*1-3-5-4-2/h8-11H,4-7,15H2,1-3H3;7-10H,3-6,14H2,1-2H3;2*3-4H2,1-2H3. The molecule has 2 aromatic carbocycles. The molecule has 4 N–H and O–H groups in total. The lowest BCUT2D eigenvalue weighted by Gasteiger charge is -2.34. The molecular weight excluding hydrogens is 538 g/mol. The number of piperazine rings is 1. The van der Waals surface area contributed by atoms with Crippen LogP contribution in [0.5, 0.6) is 0 Å². The average molecular weight is 602 g/mol. The molecule has 2 aliphatic rings. The van der Waals surface area contributed by atoms with E-state index in [1.165, 1.54) is 22.5 Å². The van der Waals surface area contributed by atoms with Gasteiger partial charge in [-0.2, -0.15) is 0 Å².